The molecule has 0 spiro atoms. The first kappa shape index (κ1) is 16.5. The minimum Gasteiger partial charge on any atom is -0.481 e. The average molecular weight is 354 g/mol. The van der Waals surface area contributed by atoms with Crippen LogP contribution in [0.2, 0.25) is 0 Å². The van der Waals surface area contributed by atoms with Gasteiger partial charge in [0.25, 0.3) is 5.56 Å². The Balaban J connectivity index is 2.17. The molecule has 0 radical (unpaired) electrons. The summed E-state index contributed by atoms with van der Waals surface area (Å²) in [4.78, 5) is 30.0. The molecular weight excluding hydrogens is 336 g/mol. The van der Waals surface area contributed by atoms with E-state index in [1.54, 1.807) is 4.57 Å². The summed E-state index contributed by atoms with van der Waals surface area (Å²) in [5.41, 5.74) is 0.664. The topological polar surface area (TPSA) is 81.4 Å². The van der Waals surface area contributed by atoms with Crippen molar-refractivity contribution in [3.05, 3.63) is 20.8 Å². The van der Waals surface area contributed by atoms with Gasteiger partial charge in [0.1, 0.15) is 4.83 Å². The molecule has 0 bridgehead atoms. The van der Waals surface area contributed by atoms with Crippen molar-refractivity contribution in [3.8, 4) is 0 Å². The van der Waals surface area contributed by atoms with Gasteiger partial charge in [0.15, 0.2) is 5.16 Å². The third-order valence-corrected chi connectivity index (χ3v) is 5.86. The van der Waals surface area contributed by atoms with Gasteiger partial charge in [-0.05, 0) is 26.3 Å². The molecular formula is C15H18N2O4S2. The van der Waals surface area contributed by atoms with Crippen LogP contribution in [0.25, 0.3) is 10.2 Å². The lowest BCUT2D eigenvalue weighted by atomic mass is 9.94. The van der Waals surface area contributed by atoms with E-state index in [9.17, 15) is 9.59 Å². The first-order chi connectivity index (χ1) is 10.8. The Kier molecular flexibility index (Phi) is 4.24. The molecule has 0 unspecified atom stereocenters. The van der Waals surface area contributed by atoms with Gasteiger partial charge in [-0.1, -0.05) is 11.8 Å². The minimum atomic E-state index is -0.923. The number of ether oxygens (including phenoxy) is 1. The summed E-state index contributed by atoms with van der Waals surface area (Å²) in [7, 11) is 0. The van der Waals surface area contributed by atoms with E-state index >= 15 is 0 Å². The molecule has 1 aliphatic heterocycles. The zero-order valence-electron chi connectivity index (χ0n) is 13.2. The highest BCUT2D eigenvalue weighted by atomic mass is 32.2. The predicted molar refractivity (Wildman–Crippen MR) is 90.5 cm³/mol. The molecule has 0 saturated heterocycles. The maximum Gasteiger partial charge on any atom is 0.313 e. The van der Waals surface area contributed by atoms with Crippen LogP contribution in [0.4, 0.5) is 0 Å². The van der Waals surface area contributed by atoms with E-state index in [0.717, 1.165) is 22.2 Å². The van der Waals surface area contributed by atoms with Crippen molar-refractivity contribution in [2.75, 3.05) is 5.75 Å². The molecule has 3 rings (SSSR count). The molecule has 1 aliphatic rings. The number of hydrogen-bond acceptors (Lipinski definition) is 6. The Morgan fingerprint density at radius 2 is 2.26 bits per heavy atom. The Morgan fingerprint density at radius 3 is 2.91 bits per heavy atom. The number of carboxylic acid groups (broad SMARTS) is 1. The lowest BCUT2D eigenvalue weighted by Gasteiger charge is -2.29. The van der Waals surface area contributed by atoms with Gasteiger partial charge >= 0.3 is 5.97 Å². The molecule has 124 valence electrons. The zero-order chi connectivity index (χ0) is 16.8. The van der Waals surface area contributed by atoms with E-state index in [1.165, 1.54) is 11.3 Å². The third-order valence-electron chi connectivity index (χ3n) is 3.80. The molecule has 0 atom stereocenters. The van der Waals surface area contributed by atoms with Crippen LogP contribution in [0, 0.1) is 0 Å². The summed E-state index contributed by atoms with van der Waals surface area (Å²) in [6.07, 6.45) is 0.685. The van der Waals surface area contributed by atoms with Gasteiger partial charge in [0, 0.05) is 17.8 Å². The van der Waals surface area contributed by atoms with E-state index in [-0.39, 0.29) is 16.9 Å². The number of thioether (sulfide) groups is 1. The van der Waals surface area contributed by atoms with Gasteiger partial charge in [-0.3, -0.25) is 14.2 Å². The molecule has 0 saturated carbocycles. The van der Waals surface area contributed by atoms with Crippen molar-refractivity contribution in [2.24, 2.45) is 0 Å². The third kappa shape index (κ3) is 3.02. The van der Waals surface area contributed by atoms with Gasteiger partial charge in [0.2, 0.25) is 0 Å². The highest BCUT2D eigenvalue weighted by Gasteiger charge is 2.31. The number of hydrogen-bond donors (Lipinski definition) is 1. The Bertz CT molecular complexity index is 838. The second-order valence-electron chi connectivity index (χ2n) is 6.04. The lowest BCUT2D eigenvalue weighted by Crippen LogP contribution is -2.32. The maximum absolute atomic E-state index is 12.9. The van der Waals surface area contributed by atoms with Crippen LogP contribution in [-0.2, 0) is 29.1 Å². The van der Waals surface area contributed by atoms with Crippen LogP contribution in [0.15, 0.2) is 9.95 Å². The molecule has 0 aliphatic carbocycles. The number of fused-ring (bicyclic) bond motifs is 3. The normalized spacial score (nSPS) is 16.5. The summed E-state index contributed by atoms with van der Waals surface area (Å²) in [5, 5.41) is 9.99. The molecule has 6 nitrogen and oxygen atoms in total. The molecule has 0 amide bonds. The molecule has 1 N–H and O–H groups in total. The highest BCUT2D eigenvalue weighted by Crippen LogP contribution is 2.37. The SMILES string of the molecule is CCn1c(SCC(=O)O)nc2sc3c(c2c1=O)CC(C)(C)OC3. The molecule has 2 aromatic heterocycles. The van der Waals surface area contributed by atoms with E-state index in [2.05, 4.69) is 4.98 Å². The fourth-order valence-electron chi connectivity index (χ4n) is 2.72. The molecule has 2 aromatic rings. The van der Waals surface area contributed by atoms with Crippen molar-refractivity contribution in [1.82, 2.24) is 9.55 Å². The number of aromatic nitrogens is 2. The smallest absolute Gasteiger partial charge is 0.313 e. The minimum absolute atomic E-state index is 0.0828. The molecule has 0 aromatic carbocycles. The second-order valence-corrected chi connectivity index (χ2v) is 8.06. The van der Waals surface area contributed by atoms with Crippen LogP contribution in [0.3, 0.4) is 0 Å². The van der Waals surface area contributed by atoms with E-state index < -0.39 is 5.97 Å². The average Bonchev–Trinajstić information content (AvgIpc) is 2.81. The van der Waals surface area contributed by atoms with Crippen LogP contribution >= 0.6 is 23.1 Å². The summed E-state index contributed by atoms with van der Waals surface area (Å²) < 4.78 is 7.38. The van der Waals surface area contributed by atoms with Crippen molar-refractivity contribution < 1.29 is 14.6 Å². The van der Waals surface area contributed by atoms with Crippen molar-refractivity contribution >= 4 is 39.3 Å². The van der Waals surface area contributed by atoms with Gasteiger partial charge in [-0.25, -0.2) is 4.98 Å². The quantitative estimate of drug-likeness (QED) is 0.671. The lowest BCUT2D eigenvalue weighted by molar-refractivity contribution is -0.133. The Hall–Kier alpha value is -1.38. The first-order valence-electron chi connectivity index (χ1n) is 7.36. The monoisotopic (exact) mass is 354 g/mol. The second kappa shape index (κ2) is 5.92. The summed E-state index contributed by atoms with van der Waals surface area (Å²) >= 11 is 2.55. The predicted octanol–water partition coefficient (Wildman–Crippen LogP) is 2.51. The van der Waals surface area contributed by atoms with Gasteiger partial charge in [-0.2, -0.15) is 0 Å². The molecule has 0 fully saturated rings. The van der Waals surface area contributed by atoms with E-state index in [0.29, 0.717) is 34.9 Å². The number of nitrogens with zero attached hydrogens (tertiary/aromatic N) is 2. The van der Waals surface area contributed by atoms with Gasteiger partial charge in [-0.15, -0.1) is 11.3 Å². The largest absolute Gasteiger partial charge is 0.481 e. The number of carboxylic acids is 1. The van der Waals surface area contributed by atoms with E-state index in [1.807, 2.05) is 20.8 Å². The standard InChI is InChI=1S/C15H18N2O4S2/c1-4-17-13(20)11-8-5-15(2,3)21-6-9(8)23-12(11)16-14(17)22-7-10(18)19/h4-7H2,1-3H3,(H,18,19). The molecule has 8 heteroatoms. The highest BCUT2D eigenvalue weighted by molar-refractivity contribution is 7.99. The summed E-state index contributed by atoms with van der Waals surface area (Å²) in [5.74, 6) is -1.04. The molecule has 3 heterocycles. The van der Waals surface area contributed by atoms with Crippen molar-refractivity contribution in [3.63, 3.8) is 0 Å². The number of thiophene rings is 1. The van der Waals surface area contributed by atoms with Crippen LogP contribution in [0.5, 0.6) is 0 Å². The van der Waals surface area contributed by atoms with Gasteiger partial charge in [0.05, 0.1) is 23.3 Å². The molecule has 23 heavy (non-hydrogen) atoms. The number of carbonyl (C=O) groups is 1. The maximum atomic E-state index is 12.9. The fraction of sp³-hybridized carbons (Fsp3) is 0.533. The Labute approximate surface area is 141 Å². The van der Waals surface area contributed by atoms with Gasteiger partial charge < -0.3 is 9.84 Å². The zero-order valence-corrected chi connectivity index (χ0v) is 14.8. The van der Waals surface area contributed by atoms with Crippen LogP contribution < -0.4 is 5.56 Å². The fourth-order valence-corrected chi connectivity index (χ4v) is 4.65. The van der Waals surface area contributed by atoms with Crippen LogP contribution in [-0.4, -0.2) is 32.0 Å². The first-order valence-corrected chi connectivity index (χ1v) is 9.16. The number of aliphatic carboxylic acids is 1. The Morgan fingerprint density at radius 1 is 1.52 bits per heavy atom. The summed E-state index contributed by atoms with van der Waals surface area (Å²) in [6, 6.07) is 0. The summed E-state index contributed by atoms with van der Waals surface area (Å²) in [6.45, 7) is 6.86. The van der Waals surface area contributed by atoms with Crippen molar-refractivity contribution in [2.45, 2.75) is 51.1 Å². The number of rotatable bonds is 4. The van der Waals surface area contributed by atoms with Crippen molar-refractivity contribution in [1.29, 1.82) is 0 Å². The van der Waals surface area contributed by atoms with E-state index in [4.69, 9.17) is 9.84 Å². The van der Waals surface area contributed by atoms with Crippen LogP contribution in [0.1, 0.15) is 31.2 Å².